The number of benzene rings is 7. The van der Waals surface area contributed by atoms with E-state index < -0.39 is 5.41 Å². The third-order valence-corrected chi connectivity index (χ3v) is 10.6. The summed E-state index contributed by atoms with van der Waals surface area (Å²) in [7, 11) is 0. The molecule has 2 heteroatoms. The molecule has 1 spiro atoms. The van der Waals surface area contributed by atoms with Gasteiger partial charge in [-0.2, -0.15) is 0 Å². The molecule has 0 aliphatic heterocycles. The highest BCUT2D eigenvalue weighted by Crippen LogP contribution is 2.64. The topological polar surface area (TPSA) is 17.2 Å². The van der Waals surface area contributed by atoms with Crippen molar-refractivity contribution >= 4 is 16.6 Å². The molecule has 1 aromatic heterocycles. The van der Waals surface area contributed by atoms with Gasteiger partial charge in [-0.3, -0.25) is 0 Å². The molecular formula is C47H28N2. The summed E-state index contributed by atoms with van der Waals surface area (Å²) in [6, 6.07) is 59.8. The van der Waals surface area contributed by atoms with Crippen LogP contribution in [0.4, 0.5) is 5.82 Å². The predicted octanol–water partition coefficient (Wildman–Crippen LogP) is 12.1. The van der Waals surface area contributed by atoms with Gasteiger partial charge in [-0.1, -0.05) is 140 Å². The average molecular weight is 621 g/mol. The zero-order valence-corrected chi connectivity index (χ0v) is 26.6. The maximum Gasteiger partial charge on any atom is 0.270 e. The zero-order chi connectivity index (χ0) is 32.5. The van der Waals surface area contributed by atoms with E-state index in [2.05, 4.69) is 161 Å². The van der Waals surface area contributed by atoms with Crippen LogP contribution < -0.4 is 0 Å². The van der Waals surface area contributed by atoms with E-state index in [4.69, 9.17) is 6.57 Å². The van der Waals surface area contributed by atoms with E-state index in [0.717, 1.165) is 16.7 Å². The normalized spacial score (nSPS) is 13.0. The first kappa shape index (κ1) is 27.5. The highest BCUT2D eigenvalue weighted by molar-refractivity contribution is 6.11. The van der Waals surface area contributed by atoms with Crippen molar-refractivity contribution in [2.24, 2.45) is 0 Å². The molecule has 49 heavy (non-hydrogen) atoms. The predicted molar refractivity (Wildman–Crippen MR) is 201 cm³/mol. The first-order chi connectivity index (χ1) is 24.3. The highest BCUT2D eigenvalue weighted by Gasteiger charge is 2.52. The summed E-state index contributed by atoms with van der Waals surface area (Å²) in [5.74, 6) is 0.402. The number of rotatable bonds is 3. The highest BCUT2D eigenvalue weighted by atomic mass is 14.8. The van der Waals surface area contributed by atoms with Crippen LogP contribution in [0.2, 0.25) is 0 Å². The number of nitrogens with zero attached hydrogens (tertiary/aromatic N) is 2. The van der Waals surface area contributed by atoms with Crippen molar-refractivity contribution in [2.45, 2.75) is 5.41 Å². The summed E-state index contributed by atoms with van der Waals surface area (Å²) in [6.07, 6.45) is 1.72. The summed E-state index contributed by atoms with van der Waals surface area (Å²) in [5.41, 5.74) is 16.9. The summed E-state index contributed by atoms with van der Waals surface area (Å²) in [4.78, 5) is 7.79. The minimum atomic E-state index is -0.478. The standard InChI is InChI=1S/C47H28N2/c1-48-45-28-33(24-25-49-45)31-14-11-15-34(26-31)40-29-44-46(38-19-6-5-16-35(38)40)39-23-22-32(30-12-3-2-4-13-30)27-43(39)47(44)41-20-9-7-17-36(41)37-18-8-10-21-42(37)47/h2-29H. The largest absolute Gasteiger partial charge is 0.361 e. The van der Waals surface area contributed by atoms with Gasteiger partial charge in [0.15, 0.2) is 0 Å². The molecule has 2 aliphatic carbocycles. The minimum Gasteiger partial charge on any atom is -0.361 e. The maximum absolute atomic E-state index is 7.50. The Hall–Kier alpha value is -6.56. The second-order valence-electron chi connectivity index (χ2n) is 13.0. The fourth-order valence-corrected chi connectivity index (χ4v) is 8.57. The summed E-state index contributed by atoms with van der Waals surface area (Å²) >= 11 is 0. The molecule has 226 valence electrons. The van der Waals surface area contributed by atoms with Gasteiger partial charge in [0.1, 0.15) is 6.20 Å². The third-order valence-electron chi connectivity index (χ3n) is 10.6. The van der Waals surface area contributed by atoms with E-state index in [1.54, 1.807) is 6.20 Å². The Morgan fingerprint density at radius 2 is 1.04 bits per heavy atom. The molecule has 0 saturated heterocycles. The first-order valence-electron chi connectivity index (χ1n) is 16.7. The molecule has 0 saturated carbocycles. The van der Waals surface area contributed by atoms with E-state index in [1.807, 2.05) is 12.1 Å². The summed E-state index contributed by atoms with van der Waals surface area (Å²) in [5, 5.41) is 2.48. The van der Waals surface area contributed by atoms with Crippen molar-refractivity contribution in [3.05, 3.63) is 204 Å². The van der Waals surface area contributed by atoms with E-state index in [0.29, 0.717) is 5.82 Å². The van der Waals surface area contributed by atoms with Gasteiger partial charge in [0.25, 0.3) is 5.82 Å². The van der Waals surface area contributed by atoms with Gasteiger partial charge in [-0.15, -0.1) is 4.98 Å². The van der Waals surface area contributed by atoms with E-state index in [-0.39, 0.29) is 0 Å². The number of hydrogen-bond acceptors (Lipinski definition) is 1. The number of fused-ring (bicyclic) bond motifs is 12. The van der Waals surface area contributed by atoms with Crippen LogP contribution in [0.25, 0.3) is 71.3 Å². The Bertz CT molecular complexity index is 2630. The van der Waals surface area contributed by atoms with Crippen LogP contribution in [0, 0.1) is 6.57 Å². The molecule has 7 aromatic carbocycles. The van der Waals surface area contributed by atoms with E-state index in [9.17, 15) is 0 Å². The molecule has 0 N–H and O–H groups in total. The van der Waals surface area contributed by atoms with Crippen LogP contribution in [-0.2, 0) is 5.41 Å². The second kappa shape index (κ2) is 10.5. The lowest BCUT2D eigenvalue weighted by Crippen LogP contribution is -2.26. The summed E-state index contributed by atoms with van der Waals surface area (Å²) < 4.78 is 0. The third kappa shape index (κ3) is 3.85. The Morgan fingerprint density at radius 1 is 0.408 bits per heavy atom. The fourth-order valence-electron chi connectivity index (χ4n) is 8.57. The van der Waals surface area contributed by atoms with E-state index >= 15 is 0 Å². The molecule has 0 amide bonds. The number of hydrogen-bond donors (Lipinski definition) is 0. The van der Waals surface area contributed by atoms with Crippen molar-refractivity contribution in [1.82, 2.24) is 4.98 Å². The maximum atomic E-state index is 7.50. The molecule has 10 rings (SSSR count). The molecule has 2 aliphatic rings. The molecule has 0 atom stereocenters. The minimum absolute atomic E-state index is 0.402. The molecule has 1 heterocycles. The van der Waals surface area contributed by atoms with Crippen molar-refractivity contribution in [2.75, 3.05) is 0 Å². The quantitative estimate of drug-likeness (QED) is 0.180. The lowest BCUT2D eigenvalue weighted by molar-refractivity contribution is 0.795. The second-order valence-corrected chi connectivity index (χ2v) is 13.0. The van der Waals surface area contributed by atoms with Crippen molar-refractivity contribution < 1.29 is 0 Å². The van der Waals surface area contributed by atoms with Crippen molar-refractivity contribution in [3.63, 3.8) is 0 Å². The van der Waals surface area contributed by atoms with Gasteiger partial charge in [-0.25, -0.2) is 0 Å². The van der Waals surface area contributed by atoms with E-state index in [1.165, 1.54) is 72.0 Å². The number of pyridine rings is 1. The fraction of sp³-hybridized carbons (Fsp3) is 0.0213. The monoisotopic (exact) mass is 620 g/mol. The van der Waals surface area contributed by atoms with Crippen LogP contribution in [0.1, 0.15) is 22.3 Å². The Kier molecular flexibility index (Phi) is 5.89. The SMILES string of the molecule is [C-]#[N+]c1cc(-c2cccc(-c3cc4c(c5ccccc35)-c3ccc(-c5ccccc5)cc3C43c4ccccc4-c4ccccc43)c2)ccn1. The average Bonchev–Trinajstić information content (AvgIpc) is 3.65. The van der Waals surface area contributed by atoms with Gasteiger partial charge in [0.05, 0.1) is 5.41 Å². The van der Waals surface area contributed by atoms with Crippen LogP contribution in [-0.4, -0.2) is 4.98 Å². The molecule has 0 unspecified atom stereocenters. The Morgan fingerprint density at radius 3 is 1.82 bits per heavy atom. The molecule has 0 radical (unpaired) electrons. The summed E-state index contributed by atoms with van der Waals surface area (Å²) in [6.45, 7) is 7.50. The van der Waals surface area contributed by atoms with Gasteiger partial charge in [0, 0.05) is 0 Å². The molecular weight excluding hydrogens is 593 g/mol. The van der Waals surface area contributed by atoms with Crippen molar-refractivity contribution in [1.29, 1.82) is 0 Å². The first-order valence-corrected chi connectivity index (χ1v) is 16.7. The molecule has 8 aromatic rings. The lowest BCUT2D eigenvalue weighted by atomic mass is 9.69. The van der Waals surface area contributed by atoms with Gasteiger partial charge >= 0.3 is 0 Å². The Labute approximate surface area is 285 Å². The van der Waals surface area contributed by atoms with Gasteiger partial charge in [-0.05, 0) is 119 Å². The van der Waals surface area contributed by atoms with Gasteiger partial charge in [0.2, 0.25) is 0 Å². The van der Waals surface area contributed by atoms with Crippen LogP contribution in [0.15, 0.2) is 170 Å². The van der Waals surface area contributed by atoms with Crippen LogP contribution >= 0.6 is 0 Å². The molecule has 2 nitrogen and oxygen atoms in total. The molecule has 0 fully saturated rings. The van der Waals surface area contributed by atoms with Crippen molar-refractivity contribution in [3.8, 4) is 55.6 Å². The Balaban J connectivity index is 1.32. The van der Waals surface area contributed by atoms with Crippen LogP contribution in [0.5, 0.6) is 0 Å². The lowest BCUT2D eigenvalue weighted by Gasteiger charge is -2.31. The van der Waals surface area contributed by atoms with Crippen LogP contribution in [0.3, 0.4) is 0 Å². The zero-order valence-electron chi connectivity index (χ0n) is 26.6. The number of aromatic nitrogens is 1. The smallest absolute Gasteiger partial charge is 0.270 e. The molecule has 0 bridgehead atoms. The van der Waals surface area contributed by atoms with Gasteiger partial charge < -0.3 is 4.85 Å².